The molecule has 3 aromatic carbocycles. The molecule has 1 aromatic heterocycles. The van der Waals surface area contributed by atoms with Crippen LogP contribution in [0.1, 0.15) is 28.4 Å². The standard InChI is InChI=1S/C25H22N2O/c1-3-18-10-12-19(13-11-18)24-16-22(21-6-4-5-7-23(21)27-24)25(28)26-20-14-8-17(2)9-15-20/h4-16H,3H2,1-2H3,(H,26,28). The summed E-state index contributed by atoms with van der Waals surface area (Å²) in [6.07, 6.45) is 0.996. The zero-order valence-electron chi connectivity index (χ0n) is 16.1. The van der Waals surface area contributed by atoms with E-state index in [1.165, 1.54) is 5.56 Å². The Balaban J connectivity index is 1.77. The van der Waals surface area contributed by atoms with Crippen LogP contribution in [0, 0.1) is 6.92 Å². The maximum Gasteiger partial charge on any atom is 0.256 e. The zero-order valence-corrected chi connectivity index (χ0v) is 16.1. The number of hydrogen-bond donors (Lipinski definition) is 1. The smallest absolute Gasteiger partial charge is 0.256 e. The SMILES string of the molecule is CCc1ccc(-c2cc(C(=O)Nc3ccc(C)cc3)c3ccccc3n2)cc1. The van der Waals surface area contributed by atoms with Gasteiger partial charge < -0.3 is 5.32 Å². The number of carbonyl (C=O) groups is 1. The van der Waals surface area contributed by atoms with Crippen LogP contribution in [0.15, 0.2) is 78.9 Å². The van der Waals surface area contributed by atoms with Crippen molar-refractivity contribution < 1.29 is 4.79 Å². The topological polar surface area (TPSA) is 42.0 Å². The molecule has 3 heteroatoms. The molecule has 138 valence electrons. The minimum atomic E-state index is -0.131. The molecule has 0 saturated heterocycles. The van der Waals surface area contributed by atoms with Crippen molar-refractivity contribution in [3.63, 3.8) is 0 Å². The van der Waals surface area contributed by atoms with Crippen molar-refractivity contribution in [2.75, 3.05) is 5.32 Å². The van der Waals surface area contributed by atoms with E-state index >= 15 is 0 Å². The monoisotopic (exact) mass is 366 g/mol. The van der Waals surface area contributed by atoms with Gasteiger partial charge in [0.25, 0.3) is 5.91 Å². The molecule has 0 radical (unpaired) electrons. The number of aryl methyl sites for hydroxylation is 2. The summed E-state index contributed by atoms with van der Waals surface area (Å²) in [7, 11) is 0. The summed E-state index contributed by atoms with van der Waals surface area (Å²) in [6.45, 7) is 4.16. The lowest BCUT2D eigenvalue weighted by atomic mass is 10.0. The van der Waals surface area contributed by atoms with Crippen LogP contribution in [-0.2, 0) is 6.42 Å². The third kappa shape index (κ3) is 3.65. The Labute approximate surface area is 165 Å². The van der Waals surface area contributed by atoms with Crippen molar-refractivity contribution >= 4 is 22.5 Å². The summed E-state index contributed by atoms with van der Waals surface area (Å²) < 4.78 is 0. The molecule has 0 unspecified atom stereocenters. The van der Waals surface area contributed by atoms with E-state index in [0.29, 0.717) is 5.56 Å². The zero-order chi connectivity index (χ0) is 19.5. The molecule has 0 fully saturated rings. The summed E-state index contributed by atoms with van der Waals surface area (Å²) >= 11 is 0. The molecule has 1 N–H and O–H groups in total. The first-order valence-electron chi connectivity index (χ1n) is 9.51. The van der Waals surface area contributed by atoms with Crippen LogP contribution >= 0.6 is 0 Å². The molecule has 0 aliphatic heterocycles. The number of carbonyl (C=O) groups excluding carboxylic acids is 1. The van der Waals surface area contributed by atoms with E-state index in [-0.39, 0.29) is 5.91 Å². The van der Waals surface area contributed by atoms with E-state index in [2.05, 4.69) is 36.5 Å². The molecule has 4 aromatic rings. The van der Waals surface area contributed by atoms with Gasteiger partial charge in [0.2, 0.25) is 0 Å². The van der Waals surface area contributed by atoms with Crippen molar-refractivity contribution in [3.05, 3.63) is 95.6 Å². The number of nitrogens with zero attached hydrogens (tertiary/aromatic N) is 1. The van der Waals surface area contributed by atoms with E-state index in [0.717, 1.165) is 39.8 Å². The molecule has 0 spiro atoms. The Morgan fingerprint density at radius 2 is 1.64 bits per heavy atom. The first-order valence-corrected chi connectivity index (χ1v) is 9.51. The summed E-state index contributed by atoms with van der Waals surface area (Å²) in [4.78, 5) is 17.8. The number of para-hydroxylation sites is 1. The predicted molar refractivity (Wildman–Crippen MR) is 116 cm³/mol. The van der Waals surface area contributed by atoms with Crippen LogP contribution in [-0.4, -0.2) is 10.9 Å². The molecular weight excluding hydrogens is 344 g/mol. The highest BCUT2D eigenvalue weighted by atomic mass is 16.1. The van der Waals surface area contributed by atoms with E-state index in [1.807, 2.05) is 61.5 Å². The van der Waals surface area contributed by atoms with Gasteiger partial charge in [0.15, 0.2) is 0 Å². The molecule has 28 heavy (non-hydrogen) atoms. The van der Waals surface area contributed by atoms with Gasteiger partial charge in [0, 0.05) is 16.6 Å². The number of benzene rings is 3. The number of anilines is 1. The van der Waals surface area contributed by atoms with Crippen LogP contribution in [0.4, 0.5) is 5.69 Å². The lowest BCUT2D eigenvalue weighted by molar-refractivity contribution is 0.102. The van der Waals surface area contributed by atoms with E-state index in [1.54, 1.807) is 0 Å². The highest BCUT2D eigenvalue weighted by Crippen LogP contribution is 2.26. The van der Waals surface area contributed by atoms with Gasteiger partial charge >= 0.3 is 0 Å². The summed E-state index contributed by atoms with van der Waals surface area (Å²) in [5.41, 5.74) is 6.47. The van der Waals surface area contributed by atoms with E-state index in [4.69, 9.17) is 4.98 Å². The van der Waals surface area contributed by atoms with Crippen LogP contribution in [0.2, 0.25) is 0 Å². The van der Waals surface area contributed by atoms with Gasteiger partial charge in [0.1, 0.15) is 0 Å². The third-order valence-electron chi connectivity index (χ3n) is 4.93. The minimum Gasteiger partial charge on any atom is -0.322 e. The van der Waals surface area contributed by atoms with Gasteiger partial charge in [-0.3, -0.25) is 4.79 Å². The fraction of sp³-hybridized carbons (Fsp3) is 0.120. The average molecular weight is 366 g/mol. The Hall–Kier alpha value is -3.46. The van der Waals surface area contributed by atoms with E-state index in [9.17, 15) is 4.79 Å². The molecule has 4 rings (SSSR count). The second kappa shape index (κ2) is 7.65. The molecule has 0 aliphatic rings. The van der Waals surface area contributed by atoms with Crippen LogP contribution < -0.4 is 5.32 Å². The summed E-state index contributed by atoms with van der Waals surface area (Å²) in [6, 6.07) is 25.8. The predicted octanol–water partition coefficient (Wildman–Crippen LogP) is 6.02. The highest BCUT2D eigenvalue weighted by Gasteiger charge is 2.14. The summed E-state index contributed by atoms with van der Waals surface area (Å²) in [5, 5.41) is 3.86. The molecule has 1 amide bonds. The van der Waals surface area contributed by atoms with E-state index < -0.39 is 0 Å². The van der Waals surface area contributed by atoms with Gasteiger partial charge in [-0.05, 0) is 43.2 Å². The van der Waals surface area contributed by atoms with Crippen molar-refractivity contribution in [3.8, 4) is 11.3 Å². The highest BCUT2D eigenvalue weighted by molar-refractivity contribution is 6.13. The van der Waals surface area contributed by atoms with Crippen LogP contribution in [0.25, 0.3) is 22.2 Å². The van der Waals surface area contributed by atoms with Crippen molar-refractivity contribution in [1.29, 1.82) is 0 Å². The second-order valence-corrected chi connectivity index (χ2v) is 6.94. The number of hydrogen-bond acceptors (Lipinski definition) is 2. The molecular formula is C25H22N2O. The lowest BCUT2D eigenvalue weighted by Gasteiger charge is -2.11. The molecule has 0 bridgehead atoms. The van der Waals surface area contributed by atoms with Gasteiger partial charge in [-0.25, -0.2) is 4.98 Å². The maximum absolute atomic E-state index is 13.1. The normalized spacial score (nSPS) is 10.8. The number of nitrogens with one attached hydrogen (secondary N) is 1. The second-order valence-electron chi connectivity index (χ2n) is 6.94. The van der Waals surface area contributed by atoms with Gasteiger partial charge in [-0.2, -0.15) is 0 Å². The van der Waals surface area contributed by atoms with Crippen molar-refractivity contribution in [1.82, 2.24) is 4.98 Å². The fourth-order valence-electron chi connectivity index (χ4n) is 3.26. The number of rotatable bonds is 4. The Morgan fingerprint density at radius 1 is 0.929 bits per heavy atom. The third-order valence-corrected chi connectivity index (χ3v) is 4.93. The van der Waals surface area contributed by atoms with Gasteiger partial charge in [-0.15, -0.1) is 0 Å². The first-order chi connectivity index (χ1) is 13.6. The number of aromatic nitrogens is 1. The Kier molecular flexibility index (Phi) is 4.90. The number of fused-ring (bicyclic) bond motifs is 1. The Morgan fingerprint density at radius 3 is 2.36 bits per heavy atom. The van der Waals surface area contributed by atoms with Crippen molar-refractivity contribution in [2.24, 2.45) is 0 Å². The maximum atomic E-state index is 13.1. The first kappa shape index (κ1) is 17.9. The quantitative estimate of drug-likeness (QED) is 0.479. The Bertz CT molecular complexity index is 1130. The van der Waals surface area contributed by atoms with Crippen LogP contribution in [0.3, 0.4) is 0 Å². The molecule has 0 saturated carbocycles. The van der Waals surface area contributed by atoms with Crippen molar-refractivity contribution in [2.45, 2.75) is 20.3 Å². The molecule has 0 aliphatic carbocycles. The minimum absolute atomic E-state index is 0.131. The molecule has 0 atom stereocenters. The lowest BCUT2D eigenvalue weighted by Crippen LogP contribution is -2.13. The van der Waals surface area contributed by atoms with Gasteiger partial charge in [0.05, 0.1) is 16.8 Å². The number of pyridine rings is 1. The molecule has 1 heterocycles. The average Bonchev–Trinajstić information content (AvgIpc) is 2.74. The largest absolute Gasteiger partial charge is 0.322 e. The molecule has 3 nitrogen and oxygen atoms in total. The summed E-state index contributed by atoms with van der Waals surface area (Å²) in [5.74, 6) is -0.131. The van der Waals surface area contributed by atoms with Crippen LogP contribution in [0.5, 0.6) is 0 Å². The van der Waals surface area contributed by atoms with Gasteiger partial charge in [-0.1, -0.05) is 67.1 Å². The number of amides is 1. The fourth-order valence-corrected chi connectivity index (χ4v) is 3.26.